The normalized spacial score (nSPS) is 17.6. The second kappa shape index (κ2) is 6.62. The first kappa shape index (κ1) is 14.2. The van der Waals surface area contributed by atoms with Gasteiger partial charge in [0.05, 0.1) is 0 Å². The average Bonchev–Trinajstić information content (AvgIpc) is 2.23. The first-order valence-corrected chi connectivity index (χ1v) is 4.55. The smallest absolute Gasteiger partial charge is 0.335 e. The van der Waals surface area contributed by atoms with Crippen LogP contribution in [0.25, 0.3) is 0 Å². The Bertz CT molecular complexity index is 302. The molecule has 6 heteroatoms. The summed E-state index contributed by atoms with van der Waals surface area (Å²) in [6.07, 6.45) is 2.95. The van der Waals surface area contributed by atoms with Crippen LogP contribution in [-0.2, 0) is 19.1 Å². The average molecular weight is 228 g/mol. The fraction of sp³-hybridized carbons (Fsp3) is 0.400. The Hall–Kier alpha value is -1.82. The molecule has 4 N–H and O–H groups in total. The summed E-state index contributed by atoms with van der Waals surface area (Å²) in [4.78, 5) is 22.4. The van der Waals surface area contributed by atoms with E-state index >= 15 is 0 Å². The molecule has 1 aliphatic rings. The summed E-state index contributed by atoms with van der Waals surface area (Å²) in [7, 11) is 0. The number of rotatable bonds is 0. The van der Waals surface area contributed by atoms with E-state index in [9.17, 15) is 9.59 Å². The highest BCUT2D eigenvalue weighted by Gasteiger charge is 2.09. The van der Waals surface area contributed by atoms with Gasteiger partial charge in [-0.3, -0.25) is 0 Å². The van der Waals surface area contributed by atoms with Crippen molar-refractivity contribution < 1.29 is 19.1 Å². The maximum Gasteiger partial charge on any atom is 0.335 e. The molecule has 0 unspecified atom stereocenters. The summed E-state index contributed by atoms with van der Waals surface area (Å²) in [5.74, 6) is -0.849. The predicted molar refractivity (Wildman–Crippen MR) is 57.6 cm³/mol. The molecule has 0 saturated heterocycles. The molecule has 90 valence electrons. The van der Waals surface area contributed by atoms with Crippen LogP contribution in [0.15, 0.2) is 23.5 Å². The summed E-state index contributed by atoms with van der Waals surface area (Å²) in [5, 5.41) is 2.72. The van der Waals surface area contributed by atoms with Gasteiger partial charge in [0.15, 0.2) is 0 Å². The molecule has 0 spiro atoms. The second-order valence-corrected chi connectivity index (χ2v) is 3.09. The van der Waals surface area contributed by atoms with Crippen molar-refractivity contribution in [2.75, 3.05) is 13.2 Å². The van der Waals surface area contributed by atoms with Crippen molar-refractivity contribution in [3.63, 3.8) is 0 Å². The topological polar surface area (TPSA) is 99.6 Å². The van der Waals surface area contributed by atoms with Gasteiger partial charge in [0.1, 0.15) is 13.2 Å². The molecule has 0 bridgehead atoms. The number of hydrogen-bond acceptors (Lipinski definition) is 6. The molecule has 6 nitrogen and oxygen atoms in total. The van der Waals surface area contributed by atoms with Crippen molar-refractivity contribution in [3.05, 3.63) is 23.5 Å². The maximum absolute atomic E-state index is 11.2. The zero-order valence-electron chi connectivity index (χ0n) is 9.41. The van der Waals surface area contributed by atoms with Crippen LogP contribution in [0.3, 0.4) is 0 Å². The van der Waals surface area contributed by atoms with Crippen LogP contribution >= 0.6 is 0 Å². The maximum atomic E-state index is 11.2. The van der Waals surface area contributed by atoms with Gasteiger partial charge in [-0.2, -0.15) is 0 Å². The SMILES string of the molecule is CC1=CNC=C(C)C(=O)OCCOC1=O.N. The zero-order chi connectivity index (χ0) is 11.3. The van der Waals surface area contributed by atoms with E-state index in [0.29, 0.717) is 11.1 Å². The molecule has 0 aliphatic carbocycles. The molecule has 0 fully saturated rings. The number of esters is 2. The summed E-state index contributed by atoms with van der Waals surface area (Å²) in [5.41, 5.74) is 0.877. The number of hydrogen-bond donors (Lipinski definition) is 2. The summed E-state index contributed by atoms with van der Waals surface area (Å²) < 4.78 is 9.64. The third-order valence-electron chi connectivity index (χ3n) is 1.79. The minimum Gasteiger partial charge on any atom is -0.459 e. The molecule has 0 saturated carbocycles. The van der Waals surface area contributed by atoms with Crippen LogP contribution in [0.1, 0.15) is 13.8 Å². The highest BCUT2D eigenvalue weighted by molar-refractivity contribution is 5.89. The molecule has 0 radical (unpaired) electrons. The quantitative estimate of drug-likeness (QED) is 0.590. The zero-order valence-corrected chi connectivity index (χ0v) is 9.41. The molecule has 0 aromatic rings. The molecule has 0 aromatic carbocycles. The minimum absolute atomic E-state index is 0. The molecular formula is C10H16N2O4. The first-order chi connectivity index (χ1) is 7.11. The standard InChI is InChI=1S/C10H13NO4.H3N/c1-7-5-11-6-8(2)10(13)15-4-3-14-9(7)12;/h5-6,11H,3-4H2,1-2H3;1H3. The van der Waals surface area contributed by atoms with E-state index in [1.807, 2.05) is 0 Å². The van der Waals surface area contributed by atoms with Crippen LogP contribution in [0.2, 0.25) is 0 Å². The number of nitrogens with one attached hydrogen (secondary N) is 1. The number of cyclic esters (lactones) is 2. The fourth-order valence-electron chi connectivity index (χ4n) is 0.906. The van der Waals surface area contributed by atoms with Gasteiger partial charge in [0.25, 0.3) is 0 Å². The van der Waals surface area contributed by atoms with E-state index in [1.165, 1.54) is 12.4 Å². The third-order valence-corrected chi connectivity index (χ3v) is 1.79. The van der Waals surface area contributed by atoms with Gasteiger partial charge < -0.3 is 20.9 Å². The Kier molecular flexibility index (Phi) is 5.87. The molecular weight excluding hydrogens is 212 g/mol. The Balaban J connectivity index is 0.00000225. The van der Waals surface area contributed by atoms with Crippen LogP contribution in [0, 0.1) is 0 Å². The lowest BCUT2D eigenvalue weighted by Gasteiger charge is -2.04. The molecule has 1 rings (SSSR count). The molecule has 0 amide bonds. The van der Waals surface area contributed by atoms with E-state index in [4.69, 9.17) is 9.47 Å². The largest absolute Gasteiger partial charge is 0.459 e. The molecule has 0 atom stereocenters. The summed E-state index contributed by atoms with van der Waals surface area (Å²) in [6.45, 7) is 3.39. The highest BCUT2D eigenvalue weighted by Crippen LogP contribution is 2.00. The van der Waals surface area contributed by atoms with Gasteiger partial charge in [0.2, 0.25) is 0 Å². The van der Waals surface area contributed by atoms with Crippen molar-refractivity contribution in [1.29, 1.82) is 0 Å². The number of ether oxygens (including phenoxy) is 2. The Labute approximate surface area is 93.9 Å². The van der Waals surface area contributed by atoms with Crippen molar-refractivity contribution >= 4 is 11.9 Å². The van der Waals surface area contributed by atoms with Crippen LogP contribution in [-0.4, -0.2) is 25.2 Å². The first-order valence-electron chi connectivity index (χ1n) is 4.55. The van der Waals surface area contributed by atoms with Gasteiger partial charge >= 0.3 is 11.9 Å². The van der Waals surface area contributed by atoms with E-state index in [0.717, 1.165) is 0 Å². The molecule has 1 aliphatic heterocycles. The second-order valence-electron chi connectivity index (χ2n) is 3.09. The van der Waals surface area contributed by atoms with Crippen molar-refractivity contribution in [2.45, 2.75) is 13.8 Å². The summed E-state index contributed by atoms with van der Waals surface area (Å²) in [6, 6.07) is 0. The van der Waals surface area contributed by atoms with E-state index in [2.05, 4.69) is 5.32 Å². The van der Waals surface area contributed by atoms with Crippen molar-refractivity contribution in [1.82, 2.24) is 11.5 Å². The monoisotopic (exact) mass is 228 g/mol. The van der Waals surface area contributed by atoms with E-state index < -0.39 is 11.9 Å². The molecule has 1 heterocycles. The van der Waals surface area contributed by atoms with Gasteiger partial charge in [-0.1, -0.05) is 0 Å². The van der Waals surface area contributed by atoms with Gasteiger partial charge in [-0.05, 0) is 13.8 Å². The van der Waals surface area contributed by atoms with Gasteiger partial charge in [-0.25, -0.2) is 9.59 Å². The Morgan fingerprint density at radius 3 is 1.75 bits per heavy atom. The Morgan fingerprint density at radius 2 is 1.38 bits per heavy atom. The van der Waals surface area contributed by atoms with Crippen LogP contribution in [0.5, 0.6) is 0 Å². The lowest BCUT2D eigenvalue weighted by atomic mass is 10.3. The number of carbonyl (C=O) groups excluding carboxylic acids is 2. The van der Waals surface area contributed by atoms with Gasteiger partial charge in [-0.15, -0.1) is 0 Å². The molecule has 16 heavy (non-hydrogen) atoms. The summed E-state index contributed by atoms with van der Waals surface area (Å²) >= 11 is 0. The van der Waals surface area contributed by atoms with E-state index in [-0.39, 0.29) is 19.4 Å². The number of carbonyl (C=O) groups is 2. The predicted octanol–water partition coefficient (Wildman–Crippen LogP) is 0.646. The van der Waals surface area contributed by atoms with Gasteiger partial charge in [0, 0.05) is 23.5 Å². The van der Waals surface area contributed by atoms with Crippen molar-refractivity contribution in [3.8, 4) is 0 Å². The molecule has 0 aromatic heterocycles. The minimum atomic E-state index is -0.425. The fourth-order valence-corrected chi connectivity index (χ4v) is 0.906. The lowest BCUT2D eigenvalue weighted by molar-refractivity contribution is -0.147. The Morgan fingerprint density at radius 1 is 1.00 bits per heavy atom. The van der Waals surface area contributed by atoms with Crippen LogP contribution < -0.4 is 11.5 Å². The third kappa shape index (κ3) is 4.14. The van der Waals surface area contributed by atoms with E-state index in [1.54, 1.807) is 13.8 Å². The van der Waals surface area contributed by atoms with Crippen LogP contribution in [0.4, 0.5) is 0 Å². The lowest BCUT2D eigenvalue weighted by Crippen LogP contribution is -2.14. The van der Waals surface area contributed by atoms with Crippen molar-refractivity contribution in [2.24, 2.45) is 0 Å². The highest BCUT2D eigenvalue weighted by atomic mass is 16.6.